The van der Waals surface area contributed by atoms with Gasteiger partial charge in [-0.05, 0) is 38.0 Å². The van der Waals surface area contributed by atoms with E-state index >= 15 is 0 Å². The van der Waals surface area contributed by atoms with Crippen LogP contribution in [-0.4, -0.2) is 19.3 Å². The van der Waals surface area contributed by atoms with E-state index in [1.807, 2.05) is 19.1 Å². The summed E-state index contributed by atoms with van der Waals surface area (Å²) in [5.41, 5.74) is 9.00. The van der Waals surface area contributed by atoms with Crippen molar-refractivity contribution in [2.24, 2.45) is 5.92 Å². The maximum atomic E-state index is 5.95. The largest absolute Gasteiger partial charge is 0.397 e. The van der Waals surface area contributed by atoms with Crippen molar-refractivity contribution >= 4 is 11.4 Å². The van der Waals surface area contributed by atoms with Crippen molar-refractivity contribution in [3.63, 3.8) is 0 Å². The summed E-state index contributed by atoms with van der Waals surface area (Å²) in [6, 6.07) is 6.12. The van der Waals surface area contributed by atoms with Crippen molar-refractivity contribution in [1.82, 2.24) is 0 Å². The van der Waals surface area contributed by atoms with Gasteiger partial charge in [0.25, 0.3) is 0 Å². The van der Waals surface area contributed by atoms with E-state index in [4.69, 9.17) is 10.5 Å². The van der Waals surface area contributed by atoms with Crippen LogP contribution in [0.15, 0.2) is 18.2 Å². The Balaban J connectivity index is 1.94. The first-order chi connectivity index (χ1) is 7.66. The van der Waals surface area contributed by atoms with E-state index in [2.05, 4.69) is 18.3 Å². The normalized spacial score (nSPS) is 24.6. The predicted octanol–water partition coefficient (Wildman–Crippen LogP) is 2.41. The minimum absolute atomic E-state index is 0.360. The van der Waals surface area contributed by atoms with Gasteiger partial charge >= 0.3 is 0 Å². The Morgan fingerprint density at radius 2 is 2.31 bits per heavy atom. The van der Waals surface area contributed by atoms with Crippen molar-refractivity contribution in [2.45, 2.75) is 26.4 Å². The Labute approximate surface area is 97.0 Å². The Hall–Kier alpha value is -1.22. The van der Waals surface area contributed by atoms with Crippen LogP contribution >= 0.6 is 0 Å². The van der Waals surface area contributed by atoms with Crippen LogP contribution in [0.5, 0.6) is 0 Å². The first kappa shape index (κ1) is 11.3. The summed E-state index contributed by atoms with van der Waals surface area (Å²) < 4.78 is 5.53. The number of aryl methyl sites for hydroxylation is 1. The van der Waals surface area contributed by atoms with Gasteiger partial charge in [-0.15, -0.1) is 0 Å². The van der Waals surface area contributed by atoms with Crippen LogP contribution < -0.4 is 11.1 Å². The number of benzene rings is 1. The van der Waals surface area contributed by atoms with Gasteiger partial charge in [0.15, 0.2) is 0 Å². The lowest BCUT2D eigenvalue weighted by atomic mass is 10.0. The fraction of sp³-hybridized carbons (Fsp3) is 0.538. The quantitative estimate of drug-likeness (QED) is 0.769. The van der Waals surface area contributed by atoms with Gasteiger partial charge in [-0.3, -0.25) is 0 Å². The second-order valence-electron chi connectivity index (χ2n) is 4.60. The van der Waals surface area contributed by atoms with Crippen LogP contribution in [0.4, 0.5) is 11.4 Å². The average molecular weight is 220 g/mol. The molecule has 0 spiro atoms. The summed E-state index contributed by atoms with van der Waals surface area (Å²) >= 11 is 0. The smallest absolute Gasteiger partial charge is 0.0592 e. The number of hydrogen-bond acceptors (Lipinski definition) is 3. The summed E-state index contributed by atoms with van der Waals surface area (Å²) in [5, 5.41) is 3.41. The fourth-order valence-corrected chi connectivity index (χ4v) is 2.13. The van der Waals surface area contributed by atoms with E-state index in [1.165, 1.54) is 5.56 Å². The molecular weight excluding hydrogens is 200 g/mol. The van der Waals surface area contributed by atoms with Crippen LogP contribution in [0.1, 0.15) is 18.9 Å². The Morgan fingerprint density at radius 1 is 1.50 bits per heavy atom. The van der Waals surface area contributed by atoms with Gasteiger partial charge in [0, 0.05) is 19.1 Å². The van der Waals surface area contributed by atoms with E-state index in [9.17, 15) is 0 Å². The van der Waals surface area contributed by atoms with Gasteiger partial charge in [-0.1, -0.05) is 6.07 Å². The number of nitrogens with two attached hydrogens (primary N) is 1. The van der Waals surface area contributed by atoms with Crippen molar-refractivity contribution in [3.8, 4) is 0 Å². The first-order valence-electron chi connectivity index (χ1n) is 5.88. The molecule has 1 heterocycles. The second kappa shape index (κ2) is 4.74. The van der Waals surface area contributed by atoms with Crippen molar-refractivity contribution in [2.75, 3.05) is 24.2 Å². The molecule has 1 aliphatic rings. The van der Waals surface area contributed by atoms with Gasteiger partial charge in [-0.25, -0.2) is 0 Å². The van der Waals surface area contributed by atoms with Crippen LogP contribution in [0, 0.1) is 12.8 Å². The molecule has 1 aromatic carbocycles. The Bertz CT molecular complexity index is 365. The van der Waals surface area contributed by atoms with E-state index < -0.39 is 0 Å². The summed E-state index contributed by atoms with van der Waals surface area (Å²) in [4.78, 5) is 0. The highest BCUT2D eigenvalue weighted by molar-refractivity contribution is 5.66. The Kier molecular flexibility index (Phi) is 3.34. The Morgan fingerprint density at radius 3 is 2.94 bits per heavy atom. The lowest BCUT2D eigenvalue weighted by Crippen LogP contribution is -2.21. The van der Waals surface area contributed by atoms with Gasteiger partial charge < -0.3 is 15.8 Å². The molecule has 3 nitrogen and oxygen atoms in total. The second-order valence-corrected chi connectivity index (χ2v) is 4.60. The number of rotatable bonds is 3. The van der Waals surface area contributed by atoms with Crippen molar-refractivity contribution < 1.29 is 4.74 Å². The molecule has 2 rings (SSSR count). The average Bonchev–Trinajstić information content (AvgIpc) is 2.63. The minimum atomic E-state index is 0.360. The molecule has 0 aliphatic carbocycles. The van der Waals surface area contributed by atoms with Crippen LogP contribution in [0.2, 0.25) is 0 Å². The van der Waals surface area contributed by atoms with Crippen LogP contribution in [0.25, 0.3) is 0 Å². The highest BCUT2D eigenvalue weighted by atomic mass is 16.5. The maximum absolute atomic E-state index is 5.95. The molecule has 3 N–H and O–H groups in total. The zero-order valence-corrected chi connectivity index (χ0v) is 9.99. The standard InChI is InChI=1S/C13H20N2O/c1-9-3-4-13(12(14)7-9)15-8-11-5-6-16-10(11)2/h3-4,7,10-11,15H,5-6,8,14H2,1-2H3. The highest BCUT2D eigenvalue weighted by Gasteiger charge is 2.23. The van der Waals surface area contributed by atoms with Gasteiger partial charge in [-0.2, -0.15) is 0 Å². The van der Waals surface area contributed by atoms with Crippen molar-refractivity contribution in [3.05, 3.63) is 23.8 Å². The van der Waals surface area contributed by atoms with Crippen molar-refractivity contribution in [1.29, 1.82) is 0 Å². The third-order valence-corrected chi connectivity index (χ3v) is 3.30. The zero-order chi connectivity index (χ0) is 11.5. The molecule has 16 heavy (non-hydrogen) atoms. The molecule has 2 atom stereocenters. The number of ether oxygens (including phenoxy) is 1. The molecule has 1 aliphatic heterocycles. The lowest BCUT2D eigenvalue weighted by molar-refractivity contribution is 0.108. The van der Waals surface area contributed by atoms with E-state index in [0.29, 0.717) is 12.0 Å². The number of hydrogen-bond donors (Lipinski definition) is 2. The number of anilines is 2. The summed E-state index contributed by atoms with van der Waals surface area (Å²) in [7, 11) is 0. The third-order valence-electron chi connectivity index (χ3n) is 3.30. The molecular formula is C13H20N2O. The third kappa shape index (κ3) is 2.47. The highest BCUT2D eigenvalue weighted by Crippen LogP contribution is 2.23. The SMILES string of the molecule is Cc1ccc(NCC2CCOC2C)c(N)c1. The molecule has 0 amide bonds. The first-order valence-corrected chi connectivity index (χ1v) is 5.88. The van der Waals surface area contributed by atoms with Gasteiger partial charge in [0.1, 0.15) is 0 Å². The fourth-order valence-electron chi connectivity index (χ4n) is 2.13. The van der Waals surface area contributed by atoms with E-state index in [1.54, 1.807) is 0 Å². The lowest BCUT2D eigenvalue weighted by Gasteiger charge is -2.16. The minimum Gasteiger partial charge on any atom is -0.397 e. The number of nitrogen functional groups attached to an aromatic ring is 1. The molecule has 1 saturated heterocycles. The molecule has 3 heteroatoms. The monoisotopic (exact) mass is 220 g/mol. The van der Waals surface area contributed by atoms with Gasteiger partial charge in [0.2, 0.25) is 0 Å². The molecule has 1 aromatic rings. The van der Waals surface area contributed by atoms with E-state index in [0.717, 1.165) is 30.9 Å². The molecule has 0 aromatic heterocycles. The molecule has 88 valence electrons. The van der Waals surface area contributed by atoms with Crippen LogP contribution in [0.3, 0.4) is 0 Å². The molecule has 0 bridgehead atoms. The number of nitrogens with one attached hydrogen (secondary N) is 1. The molecule has 1 fully saturated rings. The van der Waals surface area contributed by atoms with Gasteiger partial charge in [0.05, 0.1) is 17.5 Å². The summed E-state index contributed by atoms with van der Waals surface area (Å²) in [5.74, 6) is 0.598. The summed E-state index contributed by atoms with van der Waals surface area (Å²) in [6.07, 6.45) is 1.50. The van der Waals surface area contributed by atoms with Crippen LogP contribution in [-0.2, 0) is 4.74 Å². The molecule has 0 radical (unpaired) electrons. The van der Waals surface area contributed by atoms with E-state index in [-0.39, 0.29) is 0 Å². The topological polar surface area (TPSA) is 47.3 Å². The molecule has 0 saturated carbocycles. The molecule has 2 unspecified atom stereocenters. The maximum Gasteiger partial charge on any atom is 0.0592 e. The zero-order valence-electron chi connectivity index (χ0n) is 9.99. The predicted molar refractivity (Wildman–Crippen MR) is 67.6 cm³/mol. The summed E-state index contributed by atoms with van der Waals surface area (Å²) in [6.45, 7) is 6.01.